The summed E-state index contributed by atoms with van der Waals surface area (Å²) < 4.78 is 14.9. The van der Waals surface area contributed by atoms with Gasteiger partial charge in [0.1, 0.15) is 17.2 Å². The van der Waals surface area contributed by atoms with Gasteiger partial charge < -0.3 is 9.47 Å². The third kappa shape index (κ3) is 6.09. The van der Waals surface area contributed by atoms with Crippen LogP contribution in [-0.2, 0) is 9.37 Å². The molecule has 0 radical (unpaired) electrons. The molecule has 3 aromatic rings. The lowest BCUT2D eigenvalue weighted by Crippen LogP contribution is -1.82. The molecule has 1 N–H and O–H groups in total. The van der Waals surface area contributed by atoms with Gasteiger partial charge in [-0.05, 0) is 54.6 Å². The Morgan fingerprint density at radius 2 is 1.43 bits per heavy atom. The average Bonchev–Trinajstić information content (AvgIpc) is 2.80. The van der Waals surface area contributed by atoms with E-state index in [9.17, 15) is 0 Å². The van der Waals surface area contributed by atoms with E-state index in [0.717, 1.165) is 17.8 Å². The zero-order valence-corrected chi connectivity index (χ0v) is 16.9. The van der Waals surface area contributed by atoms with Crippen LogP contribution in [0.1, 0.15) is 0 Å². The van der Waals surface area contributed by atoms with Crippen LogP contribution in [0.5, 0.6) is 11.5 Å². The number of nitrogens with zero attached hydrogens (tertiary/aromatic N) is 4. The summed E-state index contributed by atoms with van der Waals surface area (Å²) in [5, 5.41) is 28.7. The summed E-state index contributed by atoms with van der Waals surface area (Å²) >= 11 is 0.846. The molecule has 0 saturated heterocycles. The number of ether oxygens (including phenoxy) is 2. The van der Waals surface area contributed by atoms with Gasteiger partial charge in [-0.2, -0.15) is 15.3 Å². The fourth-order valence-corrected chi connectivity index (χ4v) is 2.75. The zero-order chi connectivity index (χ0) is 21.2. The van der Waals surface area contributed by atoms with Crippen LogP contribution in [0, 0.1) is 0 Å². The molecule has 0 aliphatic heterocycles. The molecule has 0 bridgehead atoms. The average molecular weight is 426 g/mol. The smallest absolute Gasteiger partial charge is 0.148 e. The van der Waals surface area contributed by atoms with Gasteiger partial charge >= 0.3 is 0 Å². The second kappa shape index (κ2) is 11.0. The first-order valence-electron chi connectivity index (χ1n) is 8.62. The van der Waals surface area contributed by atoms with E-state index in [1.807, 2.05) is 24.3 Å². The van der Waals surface area contributed by atoms with E-state index in [-0.39, 0.29) is 0 Å². The maximum Gasteiger partial charge on any atom is 0.148 e. The van der Waals surface area contributed by atoms with Gasteiger partial charge in [0, 0.05) is 11.0 Å². The molecule has 30 heavy (non-hydrogen) atoms. The summed E-state index contributed by atoms with van der Waals surface area (Å²) in [5.74, 6) is 1.26. The molecule has 3 aromatic carbocycles. The molecule has 0 aliphatic carbocycles. The van der Waals surface area contributed by atoms with Crippen molar-refractivity contribution in [1.82, 2.24) is 0 Å². The lowest BCUT2D eigenvalue weighted by atomic mass is 10.2. The monoisotopic (exact) mass is 426 g/mol. The molecule has 154 valence electrons. The van der Waals surface area contributed by atoms with E-state index >= 15 is 0 Å². The molecule has 0 unspecified atom stereocenters. The Bertz CT molecular complexity index is 1030. The molecular weight excluding hydrogens is 408 g/mol. The third-order valence-electron chi connectivity index (χ3n) is 3.77. The second-order valence-corrected chi connectivity index (χ2v) is 6.45. The van der Waals surface area contributed by atoms with Gasteiger partial charge in [0.25, 0.3) is 0 Å². The maximum absolute atomic E-state index is 8.23. The standard InChI is InChI=1S/C20H18N4O5S/c1-26-17-9-6-14(7-10-17)21-24-19-11-8-16(13-20(19)27-2)23-22-15-4-3-5-18(12-15)30-29-28-25/h3-13,25H,1-2H3. The quantitative estimate of drug-likeness (QED) is 0.171. The van der Waals surface area contributed by atoms with Gasteiger partial charge in [-0.1, -0.05) is 11.1 Å². The number of benzene rings is 3. The van der Waals surface area contributed by atoms with Crippen LogP contribution >= 0.6 is 12.0 Å². The molecule has 0 amide bonds. The zero-order valence-electron chi connectivity index (χ0n) is 16.1. The van der Waals surface area contributed by atoms with Crippen LogP contribution in [0.15, 0.2) is 92.1 Å². The molecule has 0 spiro atoms. The van der Waals surface area contributed by atoms with Crippen LogP contribution in [0.4, 0.5) is 22.7 Å². The highest BCUT2D eigenvalue weighted by Gasteiger charge is 2.04. The highest BCUT2D eigenvalue weighted by atomic mass is 32.2. The molecule has 0 atom stereocenters. The fourth-order valence-electron chi connectivity index (χ4n) is 2.34. The van der Waals surface area contributed by atoms with E-state index in [4.69, 9.17) is 14.7 Å². The Morgan fingerprint density at radius 3 is 2.13 bits per heavy atom. The van der Waals surface area contributed by atoms with Crippen molar-refractivity contribution in [1.29, 1.82) is 0 Å². The number of azo groups is 2. The van der Waals surface area contributed by atoms with Crippen molar-refractivity contribution < 1.29 is 24.1 Å². The SMILES string of the molecule is COc1ccc(N=Nc2ccc(N=Nc3cccc(SOOO)c3)cc2OC)cc1. The molecule has 0 aromatic heterocycles. The first-order chi connectivity index (χ1) is 14.7. The molecular formula is C20H18N4O5S. The van der Waals surface area contributed by atoms with Crippen LogP contribution in [0.3, 0.4) is 0 Å². The fraction of sp³-hybridized carbons (Fsp3) is 0.100. The maximum atomic E-state index is 8.23. The number of hydrogen-bond acceptors (Lipinski definition) is 10. The highest BCUT2D eigenvalue weighted by molar-refractivity contribution is 7.94. The van der Waals surface area contributed by atoms with E-state index in [1.165, 1.54) is 0 Å². The number of hydrogen-bond donors (Lipinski definition) is 1. The van der Waals surface area contributed by atoms with E-state index in [0.29, 0.717) is 33.4 Å². The largest absolute Gasteiger partial charge is 0.497 e. The lowest BCUT2D eigenvalue weighted by Gasteiger charge is -2.04. The number of methoxy groups -OCH3 is 2. The summed E-state index contributed by atoms with van der Waals surface area (Å²) in [6.45, 7) is 0. The Balaban J connectivity index is 1.73. The third-order valence-corrected chi connectivity index (χ3v) is 4.34. The van der Waals surface area contributed by atoms with E-state index in [2.05, 4.69) is 29.8 Å². The summed E-state index contributed by atoms with van der Waals surface area (Å²) in [4.78, 5) is 0.687. The summed E-state index contributed by atoms with van der Waals surface area (Å²) in [7, 11) is 3.16. The van der Waals surface area contributed by atoms with Gasteiger partial charge in [0.05, 0.1) is 43.3 Å². The lowest BCUT2D eigenvalue weighted by molar-refractivity contribution is -0.432. The minimum atomic E-state index is 0.515. The van der Waals surface area contributed by atoms with Crippen molar-refractivity contribution in [2.75, 3.05) is 14.2 Å². The summed E-state index contributed by atoms with van der Waals surface area (Å²) in [6.07, 6.45) is 0. The molecule has 10 heteroatoms. The highest BCUT2D eigenvalue weighted by Crippen LogP contribution is 2.34. The predicted molar refractivity (Wildman–Crippen MR) is 111 cm³/mol. The van der Waals surface area contributed by atoms with E-state index < -0.39 is 0 Å². The molecule has 9 nitrogen and oxygen atoms in total. The summed E-state index contributed by atoms with van der Waals surface area (Å²) in [5.41, 5.74) is 2.44. The van der Waals surface area contributed by atoms with Crippen molar-refractivity contribution in [3.05, 3.63) is 66.7 Å². The van der Waals surface area contributed by atoms with Crippen LogP contribution in [0.25, 0.3) is 0 Å². The molecule has 0 fully saturated rings. The molecule has 0 aliphatic rings. The predicted octanol–water partition coefficient (Wildman–Crippen LogP) is 6.96. The summed E-state index contributed by atoms with van der Waals surface area (Å²) in [6, 6.07) is 19.5. The topological polar surface area (TPSA) is 107 Å². The molecule has 3 rings (SSSR count). The first-order valence-corrected chi connectivity index (χ1v) is 9.36. The Labute approximate surface area is 177 Å². The number of rotatable bonds is 9. The Kier molecular flexibility index (Phi) is 7.86. The van der Waals surface area contributed by atoms with Crippen LogP contribution in [0.2, 0.25) is 0 Å². The normalized spacial score (nSPS) is 11.3. The first kappa shape index (κ1) is 21.4. The van der Waals surface area contributed by atoms with Crippen molar-refractivity contribution >= 4 is 34.8 Å². The van der Waals surface area contributed by atoms with Crippen molar-refractivity contribution in [3.63, 3.8) is 0 Å². The van der Waals surface area contributed by atoms with Crippen molar-refractivity contribution in [3.8, 4) is 11.5 Å². The van der Waals surface area contributed by atoms with E-state index in [1.54, 1.807) is 56.7 Å². The van der Waals surface area contributed by atoms with Gasteiger partial charge in [-0.15, -0.1) is 9.45 Å². The van der Waals surface area contributed by atoms with Gasteiger partial charge in [-0.3, -0.25) is 0 Å². The van der Waals surface area contributed by atoms with Crippen LogP contribution < -0.4 is 9.47 Å². The second-order valence-electron chi connectivity index (χ2n) is 5.68. The molecule has 0 saturated carbocycles. The Morgan fingerprint density at radius 1 is 0.733 bits per heavy atom. The van der Waals surface area contributed by atoms with Gasteiger partial charge in [0.15, 0.2) is 0 Å². The van der Waals surface area contributed by atoms with Gasteiger partial charge in [-0.25, -0.2) is 5.26 Å². The van der Waals surface area contributed by atoms with Gasteiger partial charge in [0.2, 0.25) is 0 Å². The molecule has 0 heterocycles. The Hall–Kier alpha value is -3.31. The minimum absolute atomic E-state index is 0.515. The van der Waals surface area contributed by atoms with Crippen LogP contribution in [-0.4, -0.2) is 19.5 Å². The van der Waals surface area contributed by atoms with Crippen molar-refractivity contribution in [2.24, 2.45) is 20.5 Å². The van der Waals surface area contributed by atoms with Crippen molar-refractivity contribution in [2.45, 2.75) is 4.90 Å². The minimum Gasteiger partial charge on any atom is -0.497 e.